The maximum atomic E-state index is 13.0. The van der Waals surface area contributed by atoms with E-state index in [1.165, 1.54) is 23.5 Å². The Morgan fingerprint density at radius 2 is 1.66 bits per heavy atom. The minimum Gasteiger partial charge on any atom is -0.348 e. The van der Waals surface area contributed by atoms with E-state index in [1.54, 1.807) is 24.3 Å². The first-order chi connectivity index (χ1) is 13.8. The van der Waals surface area contributed by atoms with Gasteiger partial charge in [-0.1, -0.05) is 42.5 Å². The molecule has 1 amide bonds. The number of hydrogen-bond acceptors (Lipinski definition) is 3. The standard InChI is InChI=1S/C23H24N2O3S/c1-17-8-6-12-21(14-17)25(3)29(27,28)22-13-7-11-19(15-22)23(26)24-16-20-10-5-4-9-18(20)2/h4-15H,16H2,1-3H3,(H,24,26). The van der Waals surface area contributed by atoms with Gasteiger partial charge in [-0.15, -0.1) is 0 Å². The third-order valence-corrected chi connectivity index (χ3v) is 6.60. The molecule has 6 heteroatoms. The zero-order valence-electron chi connectivity index (χ0n) is 16.7. The first kappa shape index (κ1) is 20.6. The Labute approximate surface area is 172 Å². The van der Waals surface area contributed by atoms with Crippen molar-refractivity contribution in [3.63, 3.8) is 0 Å². The Kier molecular flexibility index (Phi) is 6.03. The van der Waals surface area contributed by atoms with E-state index >= 15 is 0 Å². The Hall–Kier alpha value is -3.12. The van der Waals surface area contributed by atoms with Gasteiger partial charge in [-0.05, 0) is 60.9 Å². The van der Waals surface area contributed by atoms with Crippen molar-refractivity contribution in [2.45, 2.75) is 25.3 Å². The number of hydrogen-bond donors (Lipinski definition) is 1. The van der Waals surface area contributed by atoms with Gasteiger partial charge in [0.1, 0.15) is 0 Å². The average molecular weight is 409 g/mol. The van der Waals surface area contributed by atoms with Crippen LogP contribution in [-0.4, -0.2) is 21.4 Å². The summed E-state index contributed by atoms with van der Waals surface area (Å²) < 4.78 is 27.3. The second-order valence-corrected chi connectivity index (χ2v) is 8.92. The molecule has 3 aromatic carbocycles. The molecule has 29 heavy (non-hydrogen) atoms. The highest BCUT2D eigenvalue weighted by Gasteiger charge is 2.22. The predicted molar refractivity (Wildman–Crippen MR) is 116 cm³/mol. The minimum atomic E-state index is -3.79. The smallest absolute Gasteiger partial charge is 0.264 e. The molecule has 0 aromatic heterocycles. The quantitative estimate of drug-likeness (QED) is 0.669. The fraction of sp³-hybridized carbons (Fsp3) is 0.174. The lowest BCUT2D eigenvalue weighted by atomic mass is 10.1. The van der Waals surface area contributed by atoms with Crippen LogP contribution in [0.3, 0.4) is 0 Å². The van der Waals surface area contributed by atoms with Crippen molar-refractivity contribution >= 4 is 21.6 Å². The first-order valence-electron chi connectivity index (χ1n) is 9.27. The Balaban J connectivity index is 1.81. The van der Waals surface area contributed by atoms with Crippen LogP contribution in [0.1, 0.15) is 27.0 Å². The maximum Gasteiger partial charge on any atom is 0.264 e. The van der Waals surface area contributed by atoms with Crippen molar-refractivity contribution < 1.29 is 13.2 Å². The highest BCUT2D eigenvalue weighted by Crippen LogP contribution is 2.23. The topological polar surface area (TPSA) is 66.5 Å². The molecule has 0 saturated carbocycles. The van der Waals surface area contributed by atoms with E-state index in [2.05, 4.69) is 5.32 Å². The summed E-state index contributed by atoms with van der Waals surface area (Å²) in [6.07, 6.45) is 0. The summed E-state index contributed by atoms with van der Waals surface area (Å²) in [5.74, 6) is -0.316. The van der Waals surface area contributed by atoms with Gasteiger partial charge in [0.15, 0.2) is 0 Å². The van der Waals surface area contributed by atoms with Crippen LogP contribution >= 0.6 is 0 Å². The third kappa shape index (κ3) is 4.66. The fourth-order valence-electron chi connectivity index (χ4n) is 3.00. The summed E-state index contributed by atoms with van der Waals surface area (Å²) in [6, 6.07) is 21.2. The largest absolute Gasteiger partial charge is 0.348 e. The van der Waals surface area contributed by atoms with Crippen molar-refractivity contribution in [2.75, 3.05) is 11.4 Å². The van der Waals surface area contributed by atoms with E-state index in [-0.39, 0.29) is 10.8 Å². The number of aryl methyl sites for hydroxylation is 2. The molecule has 3 rings (SSSR count). The number of sulfonamides is 1. The second kappa shape index (κ2) is 8.49. The predicted octanol–water partition coefficient (Wildman–Crippen LogP) is 4.06. The van der Waals surface area contributed by atoms with Crippen molar-refractivity contribution in [1.29, 1.82) is 0 Å². The number of anilines is 1. The van der Waals surface area contributed by atoms with E-state index in [1.807, 2.05) is 50.2 Å². The zero-order valence-corrected chi connectivity index (χ0v) is 17.5. The SMILES string of the molecule is Cc1cccc(N(C)S(=O)(=O)c2cccc(C(=O)NCc3ccccc3C)c2)c1. The van der Waals surface area contributed by atoms with Gasteiger partial charge >= 0.3 is 0 Å². The molecule has 0 unspecified atom stereocenters. The molecular weight excluding hydrogens is 384 g/mol. The van der Waals surface area contributed by atoms with Crippen LogP contribution < -0.4 is 9.62 Å². The molecule has 0 aliphatic heterocycles. The van der Waals surface area contributed by atoms with Gasteiger partial charge in [0.25, 0.3) is 15.9 Å². The van der Waals surface area contributed by atoms with Crippen molar-refractivity contribution in [2.24, 2.45) is 0 Å². The molecule has 5 nitrogen and oxygen atoms in total. The van der Waals surface area contributed by atoms with Gasteiger partial charge in [-0.25, -0.2) is 8.42 Å². The van der Waals surface area contributed by atoms with Gasteiger partial charge in [0, 0.05) is 19.2 Å². The number of carbonyl (C=O) groups excluding carboxylic acids is 1. The summed E-state index contributed by atoms with van der Waals surface area (Å²) in [5, 5.41) is 2.86. The van der Waals surface area contributed by atoms with Crippen LogP contribution in [0, 0.1) is 13.8 Å². The molecule has 0 aliphatic carbocycles. The molecule has 0 atom stereocenters. The summed E-state index contributed by atoms with van der Waals surface area (Å²) in [4.78, 5) is 12.6. The van der Waals surface area contributed by atoms with E-state index in [0.29, 0.717) is 17.8 Å². The Bertz CT molecular complexity index is 1140. The fourth-order valence-corrected chi connectivity index (χ4v) is 4.24. The van der Waals surface area contributed by atoms with Crippen LogP contribution in [0.15, 0.2) is 77.7 Å². The number of nitrogens with zero attached hydrogens (tertiary/aromatic N) is 1. The zero-order chi connectivity index (χ0) is 21.0. The van der Waals surface area contributed by atoms with Crippen LogP contribution in [0.25, 0.3) is 0 Å². The average Bonchev–Trinajstić information content (AvgIpc) is 2.72. The molecule has 0 bridgehead atoms. The Morgan fingerprint density at radius 3 is 2.38 bits per heavy atom. The second-order valence-electron chi connectivity index (χ2n) is 6.95. The monoisotopic (exact) mass is 408 g/mol. The first-order valence-corrected chi connectivity index (χ1v) is 10.7. The van der Waals surface area contributed by atoms with Crippen molar-refractivity contribution in [1.82, 2.24) is 5.32 Å². The highest BCUT2D eigenvalue weighted by molar-refractivity contribution is 7.92. The number of nitrogens with one attached hydrogen (secondary N) is 1. The molecule has 1 N–H and O–H groups in total. The maximum absolute atomic E-state index is 13.0. The molecule has 0 spiro atoms. The van der Waals surface area contributed by atoms with Crippen LogP contribution in [0.5, 0.6) is 0 Å². The van der Waals surface area contributed by atoms with E-state index in [0.717, 1.165) is 16.7 Å². The van der Waals surface area contributed by atoms with Gasteiger partial charge in [-0.2, -0.15) is 0 Å². The normalized spacial score (nSPS) is 11.1. The molecule has 0 aliphatic rings. The number of amides is 1. The molecule has 150 valence electrons. The van der Waals surface area contributed by atoms with Gasteiger partial charge in [0.05, 0.1) is 10.6 Å². The Morgan fingerprint density at radius 1 is 0.931 bits per heavy atom. The summed E-state index contributed by atoms with van der Waals surface area (Å²) in [7, 11) is -2.28. The molecule has 0 saturated heterocycles. The van der Waals surface area contributed by atoms with Gasteiger partial charge in [0.2, 0.25) is 0 Å². The van der Waals surface area contributed by atoms with Gasteiger partial charge in [-0.3, -0.25) is 9.10 Å². The lowest BCUT2D eigenvalue weighted by Crippen LogP contribution is -2.27. The highest BCUT2D eigenvalue weighted by atomic mass is 32.2. The third-order valence-electron chi connectivity index (χ3n) is 4.82. The van der Waals surface area contributed by atoms with E-state index < -0.39 is 10.0 Å². The summed E-state index contributed by atoms with van der Waals surface area (Å²) in [5.41, 5.74) is 3.94. The van der Waals surface area contributed by atoms with Crippen LogP contribution in [0.2, 0.25) is 0 Å². The lowest BCUT2D eigenvalue weighted by Gasteiger charge is -2.20. The van der Waals surface area contributed by atoms with Gasteiger partial charge < -0.3 is 5.32 Å². The van der Waals surface area contributed by atoms with Crippen LogP contribution in [-0.2, 0) is 16.6 Å². The molecule has 0 radical (unpaired) electrons. The number of benzene rings is 3. The molecule has 0 fully saturated rings. The van der Waals surface area contributed by atoms with Crippen molar-refractivity contribution in [3.8, 4) is 0 Å². The lowest BCUT2D eigenvalue weighted by molar-refractivity contribution is 0.0950. The number of carbonyl (C=O) groups is 1. The number of rotatable bonds is 6. The molecule has 3 aromatic rings. The summed E-state index contributed by atoms with van der Waals surface area (Å²) in [6.45, 7) is 4.27. The molecular formula is C23H24N2O3S. The molecule has 0 heterocycles. The van der Waals surface area contributed by atoms with E-state index in [9.17, 15) is 13.2 Å². The minimum absolute atomic E-state index is 0.0741. The van der Waals surface area contributed by atoms with Crippen LogP contribution in [0.4, 0.5) is 5.69 Å². The summed E-state index contributed by atoms with van der Waals surface area (Å²) >= 11 is 0. The van der Waals surface area contributed by atoms with E-state index in [4.69, 9.17) is 0 Å². The van der Waals surface area contributed by atoms with Crippen molar-refractivity contribution in [3.05, 3.63) is 95.1 Å².